The van der Waals surface area contributed by atoms with Gasteiger partial charge in [0.1, 0.15) is 5.76 Å². The van der Waals surface area contributed by atoms with E-state index in [9.17, 15) is 4.79 Å². The van der Waals surface area contributed by atoms with Crippen molar-refractivity contribution in [1.29, 1.82) is 0 Å². The third-order valence-electron chi connectivity index (χ3n) is 3.49. The lowest BCUT2D eigenvalue weighted by Crippen LogP contribution is -2.15. The Morgan fingerprint density at radius 1 is 0.909 bits per heavy atom. The van der Waals surface area contributed by atoms with Crippen molar-refractivity contribution < 1.29 is 9.21 Å². The predicted molar refractivity (Wildman–Crippen MR) is 86.9 cm³/mol. The molecule has 0 spiro atoms. The Labute approximate surface area is 129 Å². The van der Waals surface area contributed by atoms with Crippen LogP contribution >= 0.6 is 0 Å². The molecule has 0 bridgehead atoms. The summed E-state index contributed by atoms with van der Waals surface area (Å²) in [5.74, 6) is 0.846. The highest BCUT2D eigenvalue weighted by molar-refractivity contribution is 5.96. The van der Waals surface area contributed by atoms with Crippen molar-refractivity contribution in [1.82, 2.24) is 0 Å². The molecule has 3 rings (SSSR count). The molecule has 0 saturated carbocycles. The summed E-state index contributed by atoms with van der Waals surface area (Å²) >= 11 is 0. The molecule has 1 atom stereocenters. The lowest BCUT2D eigenvalue weighted by Gasteiger charge is -2.17. The van der Waals surface area contributed by atoms with Gasteiger partial charge in [-0.05, 0) is 24.3 Å². The second-order valence-electron chi connectivity index (χ2n) is 5.07. The molecule has 1 N–H and O–H groups in total. The van der Waals surface area contributed by atoms with Gasteiger partial charge in [0.05, 0.1) is 12.3 Å². The molecule has 0 aliphatic heterocycles. The Morgan fingerprint density at radius 2 is 1.59 bits per heavy atom. The Balaban J connectivity index is 1.79. The molecular weight excluding hydrogens is 274 g/mol. The highest BCUT2D eigenvalue weighted by atomic mass is 16.3. The van der Waals surface area contributed by atoms with Gasteiger partial charge in [-0.2, -0.15) is 0 Å². The molecule has 3 heteroatoms. The number of hydrogen-bond acceptors (Lipinski definition) is 3. The molecule has 22 heavy (non-hydrogen) atoms. The molecule has 0 radical (unpaired) electrons. The third-order valence-corrected chi connectivity index (χ3v) is 3.49. The van der Waals surface area contributed by atoms with Crippen LogP contribution < -0.4 is 5.32 Å². The van der Waals surface area contributed by atoms with Crippen molar-refractivity contribution in [3.8, 4) is 0 Å². The number of ketones is 1. The second-order valence-corrected chi connectivity index (χ2v) is 5.07. The van der Waals surface area contributed by atoms with Crippen molar-refractivity contribution in [2.45, 2.75) is 12.5 Å². The number of nitrogens with one attached hydrogen (secondary N) is 1. The van der Waals surface area contributed by atoms with E-state index in [2.05, 4.69) is 5.32 Å². The molecule has 3 nitrogen and oxygen atoms in total. The van der Waals surface area contributed by atoms with E-state index < -0.39 is 0 Å². The van der Waals surface area contributed by atoms with E-state index in [0.717, 1.165) is 11.4 Å². The summed E-state index contributed by atoms with van der Waals surface area (Å²) in [5, 5.41) is 3.37. The summed E-state index contributed by atoms with van der Waals surface area (Å²) in [7, 11) is 0. The minimum Gasteiger partial charge on any atom is -0.467 e. The number of carbonyl (C=O) groups excluding carboxylic acids is 1. The van der Waals surface area contributed by atoms with Gasteiger partial charge in [0.15, 0.2) is 5.78 Å². The van der Waals surface area contributed by atoms with Crippen molar-refractivity contribution >= 4 is 11.5 Å². The van der Waals surface area contributed by atoms with Gasteiger partial charge in [0, 0.05) is 17.7 Å². The van der Waals surface area contributed by atoms with Gasteiger partial charge in [-0.25, -0.2) is 0 Å². The normalized spacial score (nSPS) is 11.8. The van der Waals surface area contributed by atoms with Gasteiger partial charge < -0.3 is 9.73 Å². The van der Waals surface area contributed by atoms with Crippen LogP contribution in [0.5, 0.6) is 0 Å². The quantitative estimate of drug-likeness (QED) is 0.669. The maximum atomic E-state index is 12.5. The number of Topliss-reactive ketones (excluding diaryl/α,β-unsaturated/α-hetero) is 1. The molecule has 0 fully saturated rings. The minimum absolute atomic E-state index is 0.0884. The fraction of sp³-hybridized carbons (Fsp3) is 0.105. The van der Waals surface area contributed by atoms with Crippen LogP contribution in [0.4, 0.5) is 5.69 Å². The number of carbonyl (C=O) groups is 1. The zero-order valence-electron chi connectivity index (χ0n) is 12.1. The predicted octanol–water partition coefficient (Wildman–Crippen LogP) is 4.71. The van der Waals surface area contributed by atoms with Crippen molar-refractivity contribution in [3.05, 3.63) is 90.4 Å². The maximum Gasteiger partial charge on any atom is 0.165 e. The van der Waals surface area contributed by atoms with E-state index in [1.54, 1.807) is 6.26 Å². The van der Waals surface area contributed by atoms with Crippen LogP contribution in [-0.4, -0.2) is 5.78 Å². The van der Waals surface area contributed by atoms with E-state index >= 15 is 0 Å². The lowest BCUT2D eigenvalue weighted by molar-refractivity contribution is 0.0973. The van der Waals surface area contributed by atoms with Crippen LogP contribution in [0.3, 0.4) is 0 Å². The highest BCUT2D eigenvalue weighted by Crippen LogP contribution is 2.24. The summed E-state index contributed by atoms with van der Waals surface area (Å²) in [6.07, 6.45) is 1.97. The van der Waals surface area contributed by atoms with Crippen LogP contribution in [0.1, 0.15) is 28.6 Å². The smallest absolute Gasteiger partial charge is 0.165 e. The topological polar surface area (TPSA) is 42.2 Å². The molecule has 0 unspecified atom stereocenters. The third kappa shape index (κ3) is 3.44. The van der Waals surface area contributed by atoms with E-state index in [4.69, 9.17) is 4.42 Å². The zero-order valence-corrected chi connectivity index (χ0v) is 12.1. The van der Waals surface area contributed by atoms with Gasteiger partial charge in [-0.15, -0.1) is 0 Å². The molecule has 2 aromatic carbocycles. The maximum absolute atomic E-state index is 12.5. The summed E-state index contributed by atoms with van der Waals surface area (Å²) in [4.78, 5) is 12.5. The number of para-hydroxylation sites is 1. The minimum atomic E-state index is -0.190. The van der Waals surface area contributed by atoms with Gasteiger partial charge in [0.2, 0.25) is 0 Å². The summed E-state index contributed by atoms with van der Waals surface area (Å²) in [6, 6.07) is 22.7. The Hall–Kier alpha value is -2.81. The van der Waals surface area contributed by atoms with Crippen LogP contribution in [0.2, 0.25) is 0 Å². The summed E-state index contributed by atoms with van der Waals surface area (Å²) in [5.41, 5.74) is 1.68. The summed E-state index contributed by atoms with van der Waals surface area (Å²) < 4.78 is 5.49. The first-order chi connectivity index (χ1) is 10.8. The van der Waals surface area contributed by atoms with E-state index in [1.807, 2.05) is 72.8 Å². The largest absolute Gasteiger partial charge is 0.467 e. The van der Waals surface area contributed by atoms with Crippen LogP contribution in [0, 0.1) is 0 Å². The van der Waals surface area contributed by atoms with Gasteiger partial charge >= 0.3 is 0 Å². The molecular formula is C19H17NO2. The Morgan fingerprint density at radius 3 is 2.23 bits per heavy atom. The number of anilines is 1. The molecule has 0 aliphatic rings. The van der Waals surface area contributed by atoms with Crippen LogP contribution in [-0.2, 0) is 0 Å². The van der Waals surface area contributed by atoms with Crippen LogP contribution in [0.25, 0.3) is 0 Å². The first-order valence-electron chi connectivity index (χ1n) is 7.26. The van der Waals surface area contributed by atoms with Crippen LogP contribution in [0.15, 0.2) is 83.5 Å². The fourth-order valence-electron chi connectivity index (χ4n) is 2.38. The molecule has 110 valence electrons. The van der Waals surface area contributed by atoms with E-state index in [1.165, 1.54) is 0 Å². The second kappa shape index (κ2) is 6.76. The van der Waals surface area contributed by atoms with Gasteiger partial charge in [-0.3, -0.25) is 4.79 Å². The van der Waals surface area contributed by atoms with Gasteiger partial charge in [0.25, 0.3) is 0 Å². The standard InChI is InChI=1S/C19H17NO2/c21-18(15-8-3-1-4-9-15)14-17(19-12-7-13-22-19)20-16-10-5-2-6-11-16/h1-13,17,20H,14H2/t17-/m1/s1. The van der Waals surface area contributed by atoms with Crippen molar-refractivity contribution in [3.63, 3.8) is 0 Å². The Kier molecular flexibility index (Phi) is 4.35. The summed E-state index contributed by atoms with van der Waals surface area (Å²) in [6.45, 7) is 0. The van der Waals surface area contributed by atoms with Crippen molar-refractivity contribution in [2.75, 3.05) is 5.32 Å². The molecule has 1 heterocycles. The highest BCUT2D eigenvalue weighted by Gasteiger charge is 2.19. The van der Waals surface area contributed by atoms with E-state index in [0.29, 0.717) is 12.0 Å². The molecule has 0 aliphatic carbocycles. The first kappa shape index (κ1) is 14.1. The monoisotopic (exact) mass is 291 g/mol. The molecule has 1 aromatic heterocycles. The number of rotatable bonds is 6. The number of benzene rings is 2. The first-order valence-corrected chi connectivity index (χ1v) is 7.26. The number of hydrogen-bond donors (Lipinski definition) is 1. The van der Waals surface area contributed by atoms with E-state index in [-0.39, 0.29) is 11.8 Å². The SMILES string of the molecule is O=C(C[C@@H](Nc1ccccc1)c1ccco1)c1ccccc1. The van der Waals surface area contributed by atoms with Gasteiger partial charge in [-0.1, -0.05) is 48.5 Å². The average molecular weight is 291 g/mol. The zero-order chi connectivity index (χ0) is 15.2. The number of furan rings is 1. The fourth-order valence-corrected chi connectivity index (χ4v) is 2.38. The van der Waals surface area contributed by atoms with Crippen molar-refractivity contribution in [2.24, 2.45) is 0 Å². The molecule has 0 saturated heterocycles. The molecule has 3 aromatic rings. The lowest BCUT2D eigenvalue weighted by atomic mass is 10.0. The molecule has 0 amide bonds. The average Bonchev–Trinajstić information content (AvgIpc) is 3.10. The Bertz CT molecular complexity index is 706.